The van der Waals surface area contributed by atoms with Crippen molar-refractivity contribution in [1.29, 1.82) is 0 Å². The van der Waals surface area contributed by atoms with Gasteiger partial charge in [-0.25, -0.2) is 0 Å². The van der Waals surface area contributed by atoms with E-state index in [1.165, 1.54) is 0 Å². The summed E-state index contributed by atoms with van der Waals surface area (Å²) in [5.41, 5.74) is 9.74. The fourth-order valence-corrected chi connectivity index (χ4v) is 1.33. The van der Waals surface area contributed by atoms with E-state index in [1.54, 1.807) is 6.08 Å². The molecule has 0 aliphatic heterocycles. The van der Waals surface area contributed by atoms with E-state index in [0.717, 1.165) is 22.4 Å². The van der Waals surface area contributed by atoms with Gasteiger partial charge in [-0.05, 0) is 35.8 Å². The number of hydrogen-bond acceptors (Lipinski definition) is 1. The van der Waals surface area contributed by atoms with Crippen LogP contribution in [0, 0.1) is 6.92 Å². The minimum absolute atomic E-state index is 0.792. The molecule has 0 unspecified atom stereocenters. The van der Waals surface area contributed by atoms with Crippen LogP contribution in [0.1, 0.15) is 11.1 Å². The number of allylic oxidation sites excluding steroid dienone is 5. The highest BCUT2D eigenvalue weighted by Crippen LogP contribution is 2.14. The molecule has 0 aliphatic carbocycles. The lowest BCUT2D eigenvalue weighted by molar-refractivity contribution is 1.44. The Balaban J connectivity index is 2.80. The third-order valence-corrected chi connectivity index (χ3v) is 2.22. The van der Waals surface area contributed by atoms with Crippen LogP contribution in [0.15, 0.2) is 61.2 Å². The first-order valence-corrected chi connectivity index (χ1v) is 5.15. The Kier molecular flexibility index (Phi) is 4.34. The van der Waals surface area contributed by atoms with Crippen LogP contribution in [0.2, 0.25) is 0 Å². The summed E-state index contributed by atoms with van der Waals surface area (Å²) in [6.07, 6.45) is 9.51. The molecule has 0 heterocycles. The van der Waals surface area contributed by atoms with Crippen molar-refractivity contribution in [3.63, 3.8) is 0 Å². The first-order valence-electron chi connectivity index (χ1n) is 5.15. The van der Waals surface area contributed by atoms with E-state index in [4.69, 9.17) is 5.73 Å². The standard InChI is InChI=1S/C15H17N/c1-4-5-6-12(2)7-8-14-9-10-15(16)11-13(14)3/h4-11H,1-2,16H2,3H3/b6-5-,8-7+. The predicted octanol–water partition coefficient (Wildman–Crippen LogP) is 3.89. The maximum atomic E-state index is 5.69. The third-order valence-electron chi connectivity index (χ3n) is 2.22. The molecule has 1 nitrogen and oxygen atoms in total. The number of nitrogen functional groups attached to an aromatic ring is 1. The molecule has 0 bridgehead atoms. The Bertz CT molecular complexity index is 451. The molecule has 82 valence electrons. The third kappa shape index (κ3) is 3.62. The van der Waals surface area contributed by atoms with Gasteiger partial charge in [0.25, 0.3) is 0 Å². The Morgan fingerprint density at radius 3 is 2.69 bits per heavy atom. The normalized spacial score (nSPS) is 11.1. The molecule has 0 aliphatic rings. The van der Waals surface area contributed by atoms with Crippen molar-refractivity contribution in [2.24, 2.45) is 0 Å². The zero-order valence-corrected chi connectivity index (χ0v) is 9.61. The Hall–Kier alpha value is -2.02. The minimum atomic E-state index is 0.792. The van der Waals surface area contributed by atoms with Gasteiger partial charge in [0.2, 0.25) is 0 Å². The van der Waals surface area contributed by atoms with Crippen molar-refractivity contribution in [1.82, 2.24) is 0 Å². The van der Waals surface area contributed by atoms with Crippen LogP contribution in [-0.2, 0) is 0 Å². The molecule has 0 atom stereocenters. The van der Waals surface area contributed by atoms with E-state index in [0.29, 0.717) is 0 Å². The van der Waals surface area contributed by atoms with Crippen molar-refractivity contribution in [2.75, 3.05) is 5.73 Å². The van der Waals surface area contributed by atoms with Gasteiger partial charge in [0, 0.05) is 5.69 Å². The lowest BCUT2D eigenvalue weighted by Crippen LogP contribution is -1.87. The van der Waals surface area contributed by atoms with Crippen LogP contribution >= 0.6 is 0 Å². The zero-order chi connectivity index (χ0) is 12.0. The molecule has 16 heavy (non-hydrogen) atoms. The largest absolute Gasteiger partial charge is 0.399 e. The second kappa shape index (κ2) is 5.76. The highest BCUT2D eigenvalue weighted by Gasteiger charge is 1.93. The molecule has 1 heteroatoms. The van der Waals surface area contributed by atoms with Crippen molar-refractivity contribution in [2.45, 2.75) is 6.92 Å². The SMILES string of the molecule is C=C/C=C\C(=C)/C=C/c1ccc(N)cc1C. The molecule has 0 saturated carbocycles. The van der Waals surface area contributed by atoms with Crippen LogP contribution in [0.4, 0.5) is 5.69 Å². The topological polar surface area (TPSA) is 26.0 Å². The summed E-state index contributed by atoms with van der Waals surface area (Å²) < 4.78 is 0. The van der Waals surface area contributed by atoms with E-state index in [9.17, 15) is 0 Å². The average molecular weight is 211 g/mol. The smallest absolute Gasteiger partial charge is 0.0317 e. The maximum Gasteiger partial charge on any atom is 0.0317 e. The second-order valence-electron chi connectivity index (χ2n) is 3.62. The molecular formula is C15H17N. The summed E-state index contributed by atoms with van der Waals surface area (Å²) in [6, 6.07) is 5.86. The second-order valence-corrected chi connectivity index (χ2v) is 3.62. The Labute approximate surface area is 97.3 Å². The average Bonchev–Trinajstić information content (AvgIpc) is 2.25. The molecule has 0 radical (unpaired) electrons. The molecule has 0 saturated heterocycles. The summed E-state index contributed by atoms with van der Waals surface area (Å²) in [5, 5.41) is 0. The molecule has 0 amide bonds. The van der Waals surface area contributed by atoms with Crippen LogP contribution in [0.5, 0.6) is 0 Å². The summed E-state index contributed by atoms with van der Waals surface area (Å²) in [4.78, 5) is 0. The van der Waals surface area contributed by atoms with Gasteiger partial charge >= 0.3 is 0 Å². The molecule has 0 spiro atoms. The molecule has 1 rings (SSSR count). The number of benzene rings is 1. The van der Waals surface area contributed by atoms with Gasteiger partial charge < -0.3 is 5.73 Å². The number of hydrogen-bond donors (Lipinski definition) is 1. The maximum absolute atomic E-state index is 5.69. The van der Waals surface area contributed by atoms with E-state index in [2.05, 4.69) is 13.2 Å². The summed E-state index contributed by atoms with van der Waals surface area (Å²) >= 11 is 0. The van der Waals surface area contributed by atoms with Gasteiger partial charge in [-0.1, -0.05) is 49.6 Å². The van der Waals surface area contributed by atoms with Gasteiger partial charge in [0.15, 0.2) is 0 Å². The van der Waals surface area contributed by atoms with E-state index in [-0.39, 0.29) is 0 Å². The van der Waals surface area contributed by atoms with Gasteiger partial charge in [-0.3, -0.25) is 0 Å². The highest BCUT2D eigenvalue weighted by molar-refractivity contribution is 5.60. The predicted molar refractivity (Wildman–Crippen MR) is 73.1 cm³/mol. The summed E-state index contributed by atoms with van der Waals surface area (Å²) in [5.74, 6) is 0. The van der Waals surface area contributed by atoms with Gasteiger partial charge in [-0.15, -0.1) is 0 Å². The molecule has 2 N–H and O–H groups in total. The van der Waals surface area contributed by atoms with Crippen LogP contribution in [-0.4, -0.2) is 0 Å². The van der Waals surface area contributed by atoms with Gasteiger partial charge in [0.05, 0.1) is 0 Å². The Morgan fingerprint density at radius 2 is 2.06 bits per heavy atom. The number of aryl methyl sites for hydroxylation is 1. The van der Waals surface area contributed by atoms with E-state index >= 15 is 0 Å². The van der Waals surface area contributed by atoms with Gasteiger partial charge in [0.1, 0.15) is 0 Å². The summed E-state index contributed by atoms with van der Waals surface area (Å²) in [6.45, 7) is 9.56. The summed E-state index contributed by atoms with van der Waals surface area (Å²) in [7, 11) is 0. The Morgan fingerprint density at radius 1 is 1.31 bits per heavy atom. The van der Waals surface area contributed by atoms with Crippen molar-refractivity contribution >= 4 is 11.8 Å². The van der Waals surface area contributed by atoms with Crippen molar-refractivity contribution < 1.29 is 0 Å². The van der Waals surface area contributed by atoms with Crippen molar-refractivity contribution in [3.05, 3.63) is 72.4 Å². The lowest BCUT2D eigenvalue weighted by atomic mass is 10.1. The van der Waals surface area contributed by atoms with Crippen molar-refractivity contribution in [3.8, 4) is 0 Å². The van der Waals surface area contributed by atoms with Crippen LogP contribution in [0.3, 0.4) is 0 Å². The molecule has 1 aromatic carbocycles. The monoisotopic (exact) mass is 211 g/mol. The van der Waals surface area contributed by atoms with Crippen LogP contribution in [0.25, 0.3) is 6.08 Å². The fraction of sp³-hybridized carbons (Fsp3) is 0.0667. The number of rotatable bonds is 4. The molecule has 1 aromatic rings. The van der Waals surface area contributed by atoms with Crippen LogP contribution < -0.4 is 5.73 Å². The molecule has 0 aromatic heterocycles. The van der Waals surface area contributed by atoms with E-state index in [1.807, 2.05) is 49.4 Å². The zero-order valence-electron chi connectivity index (χ0n) is 9.61. The van der Waals surface area contributed by atoms with E-state index < -0.39 is 0 Å². The molecular weight excluding hydrogens is 194 g/mol. The molecule has 0 fully saturated rings. The first-order chi connectivity index (χ1) is 7.63. The number of nitrogens with two attached hydrogens (primary N) is 1. The minimum Gasteiger partial charge on any atom is -0.399 e. The van der Waals surface area contributed by atoms with Gasteiger partial charge in [-0.2, -0.15) is 0 Å². The fourth-order valence-electron chi connectivity index (χ4n) is 1.33. The quantitative estimate of drug-likeness (QED) is 0.593. The number of anilines is 1. The first kappa shape index (κ1) is 12.1. The highest BCUT2D eigenvalue weighted by atomic mass is 14.5. The lowest BCUT2D eigenvalue weighted by Gasteiger charge is -2.01.